The topological polar surface area (TPSA) is 60.8 Å². The molecule has 0 aliphatic carbocycles. The summed E-state index contributed by atoms with van der Waals surface area (Å²) < 4.78 is 17.4. The second kappa shape index (κ2) is 9.85. The number of ether oxygens (including phenoxy) is 3. The van der Waals surface area contributed by atoms with Crippen molar-refractivity contribution in [1.82, 2.24) is 4.98 Å². The maximum atomic E-state index is 10.5. The van der Waals surface area contributed by atoms with Gasteiger partial charge in [0.1, 0.15) is 0 Å². The summed E-state index contributed by atoms with van der Waals surface area (Å²) in [6, 6.07) is 7.72. The second-order valence-corrected chi connectivity index (χ2v) is 6.81. The fourth-order valence-electron chi connectivity index (χ4n) is 3.06. The maximum Gasteiger partial charge on any atom is 0.175 e. The van der Waals surface area contributed by atoms with E-state index in [1.165, 1.54) is 0 Å². The standard InChI is InChI=1S/C21H22BrNO4.ClH/c1-4-26-18-7-6-15-14(11-23-12-16(15)20(18)24)8-13-9-17(22)21(27-5-2)19(10-13)25-3;/h6-7,9-12,24H,4-5,8H2,1-3H3;1H. The van der Waals surface area contributed by atoms with E-state index in [4.69, 9.17) is 14.2 Å². The molecule has 0 saturated carbocycles. The van der Waals surface area contributed by atoms with Crippen LogP contribution in [0.15, 0.2) is 41.1 Å². The van der Waals surface area contributed by atoms with E-state index in [-0.39, 0.29) is 18.2 Å². The van der Waals surface area contributed by atoms with Gasteiger partial charge in [-0.3, -0.25) is 4.98 Å². The van der Waals surface area contributed by atoms with E-state index < -0.39 is 0 Å². The largest absolute Gasteiger partial charge is 0.504 e. The van der Waals surface area contributed by atoms with E-state index in [9.17, 15) is 5.11 Å². The highest BCUT2D eigenvalue weighted by atomic mass is 79.9. The molecule has 0 amide bonds. The number of pyridine rings is 1. The highest BCUT2D eigenvalue weighted by Gasteiger charge is 2.14. The molecule has 2 aromatic carbocycles. The number of aromatic nitrogens is 1. The Hall–Kier alpha value is -2.18. The molecular formula is C21H23BrClNO4. The molecule has 0 aliphatic rings. The Kier molecular flexibility index (Phi) is 7.78. The zero-order chi connectivity index (χ0) is 19.4. The Morgan fingerprint density at radius 1 is 1.00 bits per heavy atom. The van der Waals surface area contributed by atoms with Gasteiger partial charge in [0, 0.05) is 17.8 Å². The number of benzene rings is 2. The van der Waals surface area contributed by atoms with Crippen molar-refractivity contribution in [3.8, 4) is 23.0 Å². The second-order valence-electron chi connectivity index (χ2n) is 5.96. The van der Waals surface area contributed by atoms with Gasteiger partial charge in [0.25, 0.3) is 0 Å². The lowest BCUT2D eigenvalue weighted by Crippen LogP contribution is -1.99. The average Bonchev–Trinajstić information content (AvgIpc) is 2.66. The number of phenolic OH excluding ortho intramolecular Hbond substituents is 1. The van der Waals surface area contributed by atoms with Gasteiger partial charge in [0.05, 0.1) is 24.8 Å². The van der Waals surface area contributed by atoms with Crippen LogP contribution < -0.4 is 14.2 Å². The molecule has 5 nitrogen and oxygen atoms in total. The van der Waals surface area contributed by atoms with Crippen LogP contribution in [-0.4, -0.2) is 30.4 Å². The molecule has 0 atom stereocenters. The Morgan fingerprint density at radius 2 is 1.75 bits per heavy atom. The van der Waals surface area contributed by atoms with Crippen molar-refractivity contribution < 1.29 is 19.3 Å². The summed E-state index contributed by atoms with van der Waals surface area (Å²) in [7, 11) is 1.63. The Morgan fingerprint density at radius 3 is 2.43 bits per heavy atom. The number of rotatable bonds is 7. The minimum Gasteiger partial charge on any atom is -0.504 e. The Labute approximate surface area is 179 Å². The number of fused-ring (bicyclic) bond motifs is 1. The predicted molar refractivity (Wildman–Crippen MR) is 116 cm³/mol. The van der Waals surface area contributed by atoms with Crippen LogP contribution >= 0.6 is 28.3 Å². The van der Waals surface area contributed by atoms with Crippen LogP contribution in [-0.2, 0) is 6.42 Å². The molecule has 3 aromatic rings. The third-order valence-electron chi connectivity index (χ3n) is 4.23. The summed E-state index contributed by atoms with van der Waals surface area (Å²) in [6.07, 6.45) is 4.11. The van der Waals surface area contributed by atoms with Crippen molar-refractivity contribution in [2.24, 2.45) is 0 Å². The number of nitrogens with zero attached hydrogens (tertiary/aromatic N) is 1. The van der Waals surface area contributed by atoms with Crippen LogP contribution in [0, 0.1) is 0 Å². The van der Waals surface area contributed by atoms with Crippen LogP contribution in [0.3, 0.4) is 0 Å². The quantitative estimate of drug-likeness (QED) is 0.494. The third kappa shape index (κ3) is 4.45. The first kappa shape index (κ1) is 22.1. The predicted octanol–water partition coefficient (Wildman–Crippen LogP) is 5.52. The van der Waals surface area contributed by atoms with Gasteiger partial charge in [-0.2, -0.15) is 0 Å². The van der Waals surface area contributed by atoms with Gasteiger partial charge in [0.15, 0.2) is 23.0 Å². The molecule has 28 heavy (non-hydrogen) atoms. The van der Waals surface area contributed by atoms with Gasteiger partial charge in [-0.15, -0.1) is 12.4 Å². The lowest BCUT2D eigenvalue weighted by atomic mass is 10.00. The molecule has 0 aliphatic heterocycles. The Bertz CT molecular complexity index is 965. The molecule has 0 saturated heterocycles. The van der Waals surface area contributed by atoms with Crippen LogP contribution in [0.25, 0.3) is 10.8 Å². The van der Waals surface area contributed by atoms with Crippen molar-refractivity contribution in [2.75, 3.05) is 20.3 Å². The van der Waals surface area contributed by atoms with E-state index in [0.717, 1.165) is 21.0 Å². The SMILES string of the molecule is CCOc1ccc2c(Cc3cc(Br)c(OCC)c(OC)c3)cncc2c1O.Cl. The van der Waals surface area contributed by atoms with Gasteiger partial charge in [-0.1, -0.05) is 6.07 Å². The van der Waals surface area contributed by atoms with E-state index >= 15 is 0 Å². The molecule has 150 valence electrons. The van der Waals surface area contributed by atoms with Crippen LogP contribution in [0.2, 0.25) is 0 Å². The lowest BCUT2D eigenvalue weighted by Gasteiger charge is -2.14. The molecule has 0 bridgehead atoms. The highest BCUT2D eigenvalue weighted by molar-refractivity contribution is 9.10. The highest BCUT2D eigenvalue weighted by Crippen LogP contribution is 2.39. The first-order valence-electron chi connectivity index (χ1n) is 8.79. The van der Waals surface area contributed by atoms with E-state index in [1.54, 1.807) is 19.4 Å². The van der Waals surface area contributed by atoms with Crippen molar-refractivity contribution in [2.45, 2.75) is 20.3 Å². The smallest absolute Gasteiger partial charge is 0.175 e. The lowest BCUT2D eigenvalue weighted by molar-refractivity contribution is 0.308. The molecule has 0 radical (unpaired) electrons. The number of phenols is 1. The summed E-state index contributed by atoms with van der Waals surface area (Å²) in [5, 5.41) is 12.1. The molecule has 1 N–H and O–H groups in total. The molecular weight excluding hydrogens is 446 g/mol. The summed E-state index contributed by atoms with van der Waals surface area (Å²) in [4.78, 5) is 4.30. The molecule has 0 unspecified atom stereocenters. The normalized spacial score (nSPS) is 10.4. The number of halogens is 2. The zero-order valence-corrected chi connectivity index (χ0v) is 18.4. The van der Waals surface area contributed by atoms with Crippen LogP contribution in [0.1, 0.15) is 25.0 Å². The minimum atomic E-state index is 0. The molecule has 1 heterocycles. The molecule has 0 spiro atoms. The average molecular weight is 469 g/mol. The zero-order valence-electron chi connectivity index (χ0n) is 16.0. The van der Waals surface area contributed by atoms with E-state index in [1.807, 2.05) is 38.2 Å². The van der Waals surface area contributed by atoms with Gasteiger partial charge < -0.3 is 19.3 Å². The molecule has 7 heteroatoms. The summed E-state index contributed by atoms with van der Waals surface area (Å²) >= 11 is 3.56. The van der Waals surface area contributed by atoms with Gasteiger partial charge in [-0.25, -0.2) is 0 Å². The van der Waals surface area contributed by atoms with Crippen LogP contribution in [0.5, 0.6) is 23.0 Å². The van der Waals surface area contributed by atoms with Gasteiger partial charge >= 0.3 is 0 Å². The summed E-state index contributed by atoms with van der Waals surface area (Å²) in [6.45, 7) is 4.87. The van der Waals surface area contributed by atoms with Gasteiger partial charge in [-0.05, 0) is 70.9 Å². The number of hydrogen-bond acceptors (Lipinski definition) is 5. The van der Waals surface area contributed by atoms with E-state index in [2.05, 4.69) is 20.9 Å². The first-order valence-corrected chi connectivity index (χ1v) is 9.58. The monoisotopic (exact) mass is 467 g/mol. The van der Waals surface area contributed by atoms with Crippen LogP contribution in [0.4, 0.5) is 0 Å². The molecule has 3 rings (SSSR count). The molecule has 0 fully saturated rings. The number of methoxy groups -OCH3 is 1. The fourth-order valence-corrected chi connectivity index (χ4v) is 3.67. The number of aromatic hydroxyl groups is 1. The van der Waals surface area contributed by atoms with Crippen molar-refractivity contribution in [3.63, 3.8) is 0 Å². The number of hydrogen-bond donors (Lipinski definition) is 1. The first-order chi connectivity index (χ1) is 13.1. The fraction of sp³-hybridized carbons (Fsp3) is 0.286. The van der Waals surface area contributed by atoms with Crippen molar-refractivity contribution in [3.05, 3.63) is 52.3 Å². The van der Waals surface area contributed by atoms with E-state index in [0.29, 0.717) is 42.3 Å². The third-order valence-corrected chi connectivity index (χ3v) is 4.82. The molecule has 1 aromatic heterocycles. The maximum absolute atomic E-state index is 10.5. The van der Waals surface area contributed by atoms with Gasteiger partial charge in [0.2, 0.25) is 0 Å². The van der Waals surface area contributed by atoms with Crippen molar-refractivity contribution in [1.29, 1.82) is 0 Å². The summed E-state index contributed by atoms with van der Waals surface area (Å²) in [5.41, 5.74) is 2.05. The summed E-state index contributed by atoms with van der Waals surface area (Å²) in [5.74, 6) is 1.96. The van der Waals surface area contributed by atoms with Crippen molar-refractivity contribution >= 4 is 39.1 Å². The minimum absolute atomic E-state index is 0. The Balaban J connectivity index is 0.00000280.